The van der Waals surface area contributed by atoms with Crippen LogP contribution >= 0.6 is 0 Å². The first-order valence-electron chi connectivity index (χ1n) is 1.48. The molecule has 0 amide bonds. The van der Waals surface area contributed by atoms with Gasteiger partial charge in [0.15, 0.2) is 0 Å². The fourth-order valence-corrected chi connectivity index (χ4v) is 0. The SMILES string of the molecule is CC.[O-][Cl+2]([O-])O. The van der Waals surface area contributed by atoms with E-state index in [0.29, 0.717) is 0 Å². The van der Waals surface area contributed by atoms with Crippen molar-refractivity contribution < 1.29 is 24.8 Å². The average molecular weight is 115 g/mol. The molecule has 0 fully saturated rings. The van der Waals surface area contributed by atoms with Gasteiger partial charge in [-0.3, -0.25) is 0 Å². The van der Waals surface area contributed by atoms with Crippen LogP contribution in [0.3, 0.4) is 0 Å². The highest BCUT2D eigenvalue weighted by atomic mass is 35.6. The van der Waals surface area contributed by atoms with E-state index < -0.39 is 10.8 Å². The molecule has 0 bridgehead atoms. The van der Waals surface area contributed by atoms with Crippen molar-refractivity contribution in [2.45, 2.75) is 13.8 Å². The summed E-state index contributed by atoms with van der Waals surface area (Å²) < 4.78 is 24.0. The molecule has 0 saturated heterocycles. The lowest BCUT2D eigenvalue weighted by atomic mass is 11.0. The Bertz CT molecular complexity index is 13.5. The maximum absolute atomic E-state index is 8.52. The molecule has 0 radical (unpaired) electrons. The predicted octanol–water partition coefficient (Wildman–Crippen LogP) is -1.91. The van der Waals surface area contributed by atoms with E-state index in [1.54, 1.807) is 0 Å². The molecule has 0 aliphatic carbocycles. The van der Waals surface area contributed by atoms with Gasteiger partial charge in [0.05, 0.1) is 0 Å². The summed E-state index contributed by atoms with van der Waals surface area (Å²) in [6, 6.07) is 0. The van der Waals surface area contributed by atoms with Gasteiger partial charge in [-0.1, -0.05) is 13.8 Å². The topological polar surface area (TPSA) is 66.3 Å². The third-order valence-corrected chi connectivity index (χ3v) is 0. The third-order valence-electron chi connectivity index (χ3n) is 0. The summed E-state index contributed by atoms with van der Waals surface area (Å²) in [7, 11) is -2.60. The number of rotatable bonds is 0. The molecule has 0 aromatic carbocycles. The van der Waals surface area contributed by atoms with Gasteiger partial charge in [-0.25, -0.2) is 0 Å². The van der Waals surface area contributed by atoms with Crippen molar-refractivity contribution in [1.82, 2.24) is 0 Å². The van der Waals surface area contributed by atoms with Crippen LogP contribution in [0, 0.1) is 10.8 Å². The van der Waals surface area contributed by atoms with E-state index in [4.69, 9.17) is 14.0 Å². The Balaban J connectivity index is 0. The quantitative estimate of drug-likeness (QED) is 0.400. The van der Waals surface area contributed by atoms with Crippen molar-refractivity contribution in [2.75, 3.05) is 0 Å². The lowest BCUT2D eigenvalue weighted by molar-refractivity contribution is -1.63. The molecule has 4 heteroatoms. The highest BCUT2D eigenvalue weighted by Gasteiger charge is 1.79. The number of hydrogen-bond donors (Lipinski definition) is 1. The Labute approximate surface area is 39.6 Å². The van der Waals surface area contributed by atoms with Gasteiger partial charge < -0.3 is 9.32 Å². The molecule has 0 aliphatic rings. The molecule has 0 spiro atoms. The first kappa shape index (κ1) is 9.48. The molecule has 0 saturated carbocycles. The normalized spacial score (nSPS) is 7.00. The van der Waals surface area contributed by atoms with Crippen molar-refractivity contribution in [2.24, 2.45) is 0 Å². The molecule has 3 nitrogen and oxygen atoms in total. The summed E-state index contributed by atoms with van der Waals surface area (Å²) in [6.45, 7) is 4.00. The van der Waals surface area contributed by atoms with E-state index in [1.165, 1.54) is 0 Å². The van der Waals surface area contributed by atoms with Crippen molar-refractivity contribution >= 4 is 0 Å². The van der Waals surface area contributed by atoms with Crippen LogP contribution in [0.5, 0.6) is 0 Å². The van der Waals surface area contributed by atoms with Crippen LogP contribution in [-0.4, -0.2) is 4.66 Å². The molecule has 1 N–H and O–H groups in total. The largest absolute Gasteiger partial charge is 0.321 e. The molecule has 6 heavy (non-hydrogen) atoms. The maximum Gasteiger partial charge on any atom is 0.282 e. The van der Waals surface area contributed by atoms with Crippen molar-refractivity contribution in [3.63, 3.8) is 0 Å². The summed E-state index contributed by atoms with van der Waals surface area (Å²) in [4.78, 5) is 0. The fraction of sp³-hybridized carbons (Fsp3) is 1.00. The summed E-state index contributed by atoms with van der Waals surface area (Å²) in [5, 5.41) is 0. The Kier molecular flexibility index (Phi) is 14.1. The Morgan fingerprint density at radius 3 is 1.33 bits per heavy atom. The smallest absolute Gasteiger partial charge is 0.282 e. The average Bonchev–Trinajstić information content (AvgIpc) is 1.41. The maximum atomic E-state index is 8.52. The highest BCUT2D eigenvalue weighted by molar-refractivity contribution is 3.50. The Morgan fingerprint density at radius 2 is 1.33 bits per heavy atom. The second-order valence-corrected chi connectivity index (χ2v) is 0.603. The molecule has 40 valence electrons. The number of halogens is 1. The Morgan fingerprint density at radius 1 is 1.33 bits per heavy atom. The van der Waals surface area contributed by atoms with Crippen LogP contribution in [0.25, 0.3) is 0 Å². The molecule has 0 rings (SSSR count). The van der Waals surface area contributed by atoms with Gasteiger partial charge in [-0.2, -0.15) is 0 Å². The molecule has 0 heterocycles. The van der Waals surface area contributed by atoms with Crippen molar-refractivity contribution in [1.29, 1.82) is 0 Å². The summed E-state index contributed by atoms with van der Waals surface area (Å²) in [6.07, 6.45) is 0. The van der Waals surface area contributed by atoms with Gasteiger partial charge in [0, 0.05) is 4.66 Å². The molecule has 0 unspecified atom stereocenters. The Hall–Kier alpha value is 0.170. The van der Waals surface area contributed by atoms with Gasteiger partial charge in [0.1, 0.15) is 0 Å². The van der Waals surface area contributed by atoms with Gasteiger partial charge in [0.2, 0.25) is 0 Å². The van der Waals surface area contributed by atoms with E-state index in [9.17, 15) is 0 Å². The van der Waals surface area contributed by atoms with Gasteiger partial charge in [-0.15, -0.1) is 0 Å². The lowest BCUT2D eigenvalue weighted by Gasteiger charge is -1.72. The fourth-order valence-electron chi connectivity index (χ4n) is 0. The molecule has 0 aromatic rings. The third kappa shape index (κ3) is 1450. The first-order valence-corrected chi connectivity index (χ1v) is 2.43. The van der Waals surface area contributed by atoms with Crippen LogP contribution in [0.4, 0.5) is 0 Å². The lowest BCUT2D eigenvalue weighted by Crippen LogP contribution is -2.30. The minimum absolute atomic E-state index is 2.00. The van der Waals surface area contributed by atoms with Crippen molar-refractivity contribution in [3.8, 4) is 0 Å². The van der Waals surface area contributed by atoms with Crippen LogP contribution in [-0.2, 0) is 0 Å². The van der Waals surface area contributed by atoms with E-state index in [-0.39, 0.29) is 0 Å². The van der Waals surface area contributed by atoms with Crippen LogP contribution in [0.2, 0.25) is 0 Å². The minimum Gasteiger partial charge on any atom is -0.321 e. The van der Waals surface area contributed by atoms with E-state index in [0.717, 1.165) is 0 Å². The van der Waals surface area contributed by atoms with Gasteiger partial charge in [-0.05, 0) is 0 Å². The molecule has 0 aliphatic heterocycles. The molecular formula is C2H7ClO3. The van der Waals surface area contributed by atoms with Crippen LogP contribution in [0.1, 0.15) is 13.8 Å². The monoisotopic (exact) mass is 114 g/mol. The zero-order chi connectivity index (χ0) is 5.58. The number of hydrogen-bond acceptors (Lipinski definition) is 3. The standard InChI is InChI=1S/C2H6.ClHO3/c1-2;2-1(3)4/h1-2H3;2H. The second-order valence-electron chi connectivity index (χ2n) is 0.201. The van der Waals surface area contributed by atoms with Crippen molar-refractivity contribution in [3.05, 3.63) is 0 Å². The first-order chi connectivity index (χ1) is 2.73. The summed E-state index contributed by atoms with van der Waals surface area (Å²) in [5.41, 5.74) is 0. The van der Waals surface area contributed by atoms with Crippen LogP contribution < -0.4 is 9.32 Å². The van der Waals surface area contributed by atoms with E-state index in [2.05, 4.69) is 0 Å². The highest BCUT2D eigenvalue weighted by Crippen LogP contribution is 1.38. The molecule has 0 aromatic heterocycles. The zero-order valence-corrected chi connectivity index (χ0v) is 4.40. The zero-order valence-electron chi connectivity index (χ0n) is 3.64. The summed E-state index contributed by atoms with van der Waals surface area (Å²) >= 11 is 0. The van der Waals surface area contributed by atoms with Gasteiger partial charge in [0.25, 0.3) is 10.8 Å². The second kappa shape index (κ2) is 8.95. The molecular weight excluding hydrogens is 107 g/mol. The van der Waals surface area contributed by atoms with E-state index in [1.807, 2.05) is 13.8 Å². The molecule has 0 atom stereocenters. The van der Waals surface area contributed by atoms with E-state index >= 15 is 0 Å². The van der Waals surface area contributed by atoms with Crippen LogP contribution in [0.15, 0.2) is 0 Å². The predicted molar refractivity (Wildman–Crippen MR) is 13.6 cm³/mol. The summed E-state index contributed by atoms with van der Waals surface area (Å²) in [5.74, 6) is 0. The van der Waals surface area contributed by atoms with Gasteiger partial charge >= 0.3 is 0 Å². The minimum atomic E-state index is -2.60.